The number of benzene rings is 1. The zero-order valence-corrected chi connectivity index (χ0v) is 8.19. The van der Waals surface area contributed by atoms with Crippen LogP contribution in [-0.2, 0) is 0 Å². The SMILES string of the molecule is Cc1cccc(C(=O)CBr)c1F. The van der Waals surface area contributed by atoms with Gasteiger partial charge in [-0.05, 0) is 18.6 Å². The highest BCUT2D eigenvalue weighted by Gasteiger charge is 2.10. The van der Waals surface area contributed by atoms with Gasteiger partial charge in [0.05, 0.1) is 10.9 Å². The molecule has 0 aromatic heterocycles. The topological polar surface area (TPSA) is 17.1 Å². The first-order valence-corrected chi connectivity index (χ1v) is 4.63. The van der Waals surface area contributed by atoms with E-state index in [2.05, 4.69) is 15.9 Å². The Morgan fingerprint density at radius 2 is 2.25 bits per heavy atom. The summed E-state index contributed by atoms with van der Waals surface area (Å²) in [5.41, 5.74) is 0.661. The predicted octanol–water partition coefficient (Wildman–Crippen LogP) is 2.71. The molecule has 64 valence electrons. The maximum Gasteiger partial charge on any atom is 0.176 e. The number of halogens is 2. The van der Waals surface area contributed by atoms with E-state index in [1.165, 1.54) is 6.07 Å². The minimum atomic E-state index is -0.415. The van der Waals surface area contributed by atoms with Crippen molar-refractivity contribution in [2.45, 2.75) is 6.92 Å². The Morgan fingerprint density at radius 1 is 1.58 bits per heavy atom. The van der Waals surface area contributed by atoms with Crippen LogP contribution in [0.3, 0.4) is 0 Å². The molecular formula is C9H8BrFO. The van der Waals surface area contributed by atoms with Gasteiger partial charge in [0, 0.05) is 0 Å². The lowest BCUT2D eigenvalue weighted by Crippen LogP contribution is -2.04. The van der Waals surface area contributed by atoms with Crippen LogP contribution in [0.1, 0.15) is 15.9 Å². The van der Waals surface area contributed by atoms with E-state index < -0.39 is 5.82 Å². The van der Waals surface area contributed by atoms with E-state index in [9.17, 15) is 9.18 Å². The van der Waals surface area contributed by atoms with Gasteiger partial charge < -0.3 is 0 Å². The third-order valence-corrected chi connectivity index (χ3v) is 2.12. The molecular weight excluding hydrogens is 223 g/mol. The highest BCUT2D eigenvalue weighted by Crippen LogP contribution is 2.12. The molecule has 3 heteroatoms. The van der Waals surface area contributed by atoms with Crippen LogP contribution in [0.5, 0.6) is 0 Å². The van der Waals surface area contributed by atoms with E-state index in [0.717, 1.165) is 0 Å². The van der Waals surface area contributed by atoms with E-state index in [1.54, 1.807) is 19.1 Å². The molecule has 12 heavy (non-hydrogen) atoms. The molecule has 1 aromatic rings. The smallest absolute Gasteiger partial charge is 0.176 e. The maximum absolute atomic E-state index is 13.2. The van der Waals surface area contributed by atoms with Crippen molar-refractivity contribution in [3.05, 3.63) is 35.1 Å². The summed E-state index contributed by atoms with van der Waals surface area (Å²) in [5.74, 6) is -0.641. The molecule has 0 N–H and O–H groups in total. The number of hydrogen-bond acceptors (Lipinski definition) is 1. The van der Waals surface area contributed by atoms with E-state index >= 15 is 0 Å². The van der Waals surface area contributed by atoms with Crippen LogP contribution in [0, 0.1) is 12.7 Å². The molecule has 0 aliphatic heterocycles. The van der Waals surface area contributed by atoms with Gasteiger partial charge in [-0.15, -0.1) is 0 Å². The van der Waals surface area contributed by atoms with Crippen LogP contribution in [-0.4, -0.2) is 11.1 Å². The Balaban J connectivity index is 3.16. The van der Waals surface area contributed by atoms with E-state index in [0.29, 0.717) is 5.56 Å². The summed E-state index contributed by atoms with van der Waals surface area (Å²) in [4.78, 5) is 11.1. The van der Waals surface area contributed by atoms with Gasteiger partial charge in [-0.1, -0.05) is 28.1 Å². The number of alkyl halides is 1. The van der Waals surface area contributed by atoms with Crippen LogP contribution in [0.25, 0.3) is 0 Å². The minimum absolute atomic E-state index is 0.159. The third kappa shape index (κ3) is 1.72. The van der Waals surface area contributed by atoms with Crippen molar-refractivity contribution in [3.63, 3.8) is 0 Å². The van der Waals surface area contributed by atoms with Gasteiger partial charge in [-0.2, -0.15) is 0 Å². The minimum Gasteiger partial charge on any atom is -0.293 e. The number of rotatable bonds is 2. The van der Waals surface area contributed by atoms with E-state index in [-0.39, 0.29) is 16.7 Å². The molecule has 0 saturated carbocycles. The number of Topliss-reactive ketones (excluding diaryl/α,β-unsaturated/α-hetero) is 1. The fourth-order valence-corrected chi connectivity index (χ4v) is 1.24. The fourth-order valence-electron chi connectivity index (χ4n) is 0.935. The Hall–Kier alpha value is -0.700. The van der Waals surface area contributed by atoms with Gasteiger partial charge in [0.25, 0.3) is 0 Å². The molecule has 0 saturated heterocycles. The fraction of sp³-hybridized carbons (Fsp3) is 0.222. The first kappa shape index (κ1) is 9.39. The number of hydrogen-bond donors (Lipinski definition) is 0. The lowest BCUT2D eigenvalue weighted by atomic mass is 10.1. The summed E-state index contributed by atoms with van der Waals surface area (Å²) in [6.45, 7) is 1.64. The number of aryl methyl sites for hydroxylation is 1. The molecule has 0 spiro atoms. The summed E-state index contributed by atoms with van der Waals surface area (Å²) in [5, 5.41) is 0.160. The van der Waals surface area contributed by atoms with Crippen LogP contribution in [0.2, 0.25) is 0 Å². The second kappa shape index (κ2) is 3.81. The largest absolute Gasteiger partial charge is 0.293 e. The molecule has 1 nitrogen and oxygen atoms in total. The van der Waals surface area contributed by atoms with Crippen molar-refractivity contribution >= 4 is 21.7 Å². The highest BCUT2D eigenvalue weighted by atomic mass is 79.9. The van der Waals surface area contributed by atoms with Crippen LogP contribution in [0.15, 0.2) is 18.2 Å². The second-order valence-electron chi connectivity index (χ2n) is 2.49. The molecule has 0 aliphatic rings. The first-order valence-electron chi connectivity index (χ1n) is 3.51. The Kier molecular flexibility index (Phi) is 2.98. The second-order valence-corrected chi connectivity index (χ2v) is 3.05. The van der Waals surface area contributed by atoms with Gasteiger partial charge in [0.2, 0.25) is 0 Å². The molecule has 0 radical (unpaired) electrons. The van der Waals surface area contributed by atoms with Crippen LogP contribution >= 0.6 is 15.9 Å². The van der Waals surface area contributed by atoms with Crippen molar-refractivity contribution in [3.8, 4) is 0 Å². The van der Waals surface area contributed by atoms with Crippen molar-refractivity contribution in [1.29, 1.82) is 0 Å². The number of carbonyl (C=O) groups is 1. The van der Waals surface area contributed by atoms with Crippen molar-refractivity contribution in [2.24, 2.45) is 0 Å². The molecule has 1 aromatic carbocycles. The third-order valence-electron chi connectivity index (χ3n) is 1.61. The standard InChI is InChI=1S/C9H8BrFO/c1-6-3-2-4-7(9(6)11)8(12)5-10/h2-4H,5H2,1H3. The normalized spacial score (nSPS) is 9.92. The van der Waals surface area contributed by atoms with Crippen molar-refractivity contribution in [1.82, 2.24) is 0 Å². The highest BCUT2D eigenvalue weighted by molar-refractivity contribution is 9.09. The van der Waals surface area contributed by atoms with Gasteiger partial charge >= 0.3 is 0 Å². The summed E-state index contributed by atoms with van der Waals surface area (Å²) in [6, 6.07) is 4.81. The monoisotopic (exact) mass is 230 g/mol. The Morgan fingerprint density at radius 3 is 2.83 bits per heavy atom. The Labute approximate surface area is 78.7 Å². The molecule has 0 bridgehead atoms. The zero-order valence-electron chi connectivity index (χ0n) is 6.60. The molecule has 0 unspecified atom stereocenters. The van der Waals surface area contributed by atoms with Crippen molar-refractivity contribution < 1.29 is 9.18 Å². The summed E-state index contributed by atoms with van der Waals surface area (Å²) in [7, 11) is 0. The van der Waals surface area contributed by atoms with Gasteiger partial charge in [0.1, 0.15) is 5.82 Å². The molecule has 0 atom stereocenters. The molecule has 1 rings (SSSR count). The zero-order chi connectivity index (χ0) is 9.14. The lowest BCUT2D eigenvalue weighted by molar-refractivity contribution is 0.102. The quantitative estimate of drug-likeness (QED) is 0.564. The maximum atomic E-state index is 13.2. The van der Waals surface area contributed by atoms with Crippen LogP contribution < -0.4 is 0 Å². The first-order chi connectivity index (χ1) is 5.66. The Bertz CT molecular complexity index is 309. The summed E-state index contributed by atoms with van der Waals surface area (Å²) in [6.07, 6.45) is 0. The van der Waals surface area contributed by atoms with Crippen LogP contribution in [0.4, 0.5) is 4.39 Å². The number of ketones is 1. The van der Waals surface area contributed by atoms with Gasteiger partial charge in [0.15, 0.2) is 5.78 Å². The summed E-state index contributed by atoms with van der Waals surface area (Å²) < 4.78 is 13.2. The van der Waals surface area contributed by atoms with Gasteiger partial charge in [-0.3, -0.25) is 4.79 Å². The molecule has 0 amide bonds. The average Bonchev–Trinajstić information content (AvgIpc) is 2.08. The predicted molar refractivity (Wildman–Crippen MR) is 49.3 cm³/mol. The number of carbonyl (C=O) groups excluding carboxylic acids is 1. The lowest BCUT2D eigenvalue weighted by Gasteiger charge is -2.01. The molecule has 0 fully saturated rings. The van der Waals surface area contributed by atoms with E-state index in [4.69, 9.17) is 0 Å². The molecule has 0 aliphatic carbocycles. The van der Waals surface area contributed by atoms with Crippen molar-refractivity contribution in [2.75, 3.05) is 5.33 Å². The average molecular weight is 231 g/mol. The van der Waals surface area contributed by atoms with E-state index in [1.807, 2.05) is 0 Å². The molecule has 0 heterocycles. The van der Waals surface area contributed by atoms with Gasteiger partial charge in [-0.25, -0.2) is 4.39 Å². The summed E-state index contributed by atoms with van der Waals surface area (Å²) >= 11 is 2.99.